The summed E-state index contributed by atoms with van der Waals surface area (Å²) < 4.78 is 42.3. The van der Waals surface area contributed by atoms with Gasteiger partial charge in [0.25, 0.3) is 0 Å². The summed E-state index contributed by atoms with van der Waals surface area (Å²) in [5.41, 5.74) is 1.48. The van der Waals surface area contributed by atoms with Crippen LogP contribution in [-0.4, -0.2) is 32.0 Å². The van der Waals surface area contributed by atoms with E-state index in [0.717, 1.165) is 24.2 Å². The van der Waals surface area contributed by atoms with Gasteiger partial charge < -0.3 is 5.32 Å². The van der Waals surface area contributed by atoms with Crippen molar-refractivity contribution in [2.75, 3.05) is 6.54 Å². The minimum atomic E-state index is -4.55. The van der Waals surface area contributed by atoms with Crippen molar-refractivity contribution in [1.29, 1.82) is 0 Å². The van der Waals surface area contributed by atoms with Crippen LogP contribution in [0.25, 0.3) is 0 Å². The molecule has 0 atom stereocenters. The summed E-state index contributed by atoms with van der Waals surface area (Å²) in [5.74, 6) is -0.323. The Hall–Kier alpha value is -1.84. The number of carbonyl (C=O) groups excluding carboxylic acids is 1. The van der Waals surface area contributed by atoms with Gasteiger partial charge in [0.15, 0.2) is 5.69 Å². The van der Waals surface area contributed by atoms with Crippen LogP contribution >= 0.6 is 15.9 Å². The van der Waals surface area contributed by atoms with Crippen LogP contribution in [0, 0.1) is 13.8 Å². The predicted octanol–water partition coefficient (Wildman–Crippen LogP) is 3.56. The van der Waals surface area contributed by atoms with E-state index in [4.69, 9.17) is 0 Å². The molecule has 1 amide bonds. The fourth-order valence-corrected chi connectivity index (χ4v) is 3.88. The number of alkyl halides is 3. The third-order valence-electron chi connectivity index (χ3n) is 4.43. The van der Waals surface area contributed by atoms with Crippen LogP contribution in [0.2, 0.25) is 0 Å². The number of aryl methyl sites for hydroxylation is 3. The first-order valence-electron chi connectivity index (χ1n) is 8.78. The maximum absolute atomic E-state index is 13.1. The Morgan fingerprint density at radius 3 is 2.56 bits per heavy atom. The summed E-state index contributed by atoms with van der Waals surface area (Å²) in [6.07, 6.45) is -2.25. The van der Waals surface area contributed by atoms with Crippen molar-refractivity contribution in [2.24, 2.45) is 0 Å². The SMILES string of the molecule is Cc1cc(C)n(CCCNC(=O)Cn2nc(C(F)(F)F)c(Br)c2C2CC2)n1. The fourth-order valence-electron chi connectivity index (χ4n) is 3.05. The first-order chi connectivity index (χ1) is 12.7. The molecule has 2 aromatic heterocycles. The van der Waals surface area contributed by atoms with Gasteiger partial charge in [0, 0.05) is 24.7 Å². The molecule has 10 heteroatoms. The maximum atomic E-state index is 13.1. The Bertz CT molecular complexity index is 838. The number of hydrogen-bond acceptors (Lipinski definition) is 3. The molecular formula is C17H21BrF3N5O. The molecule has 0 spiro atoms. The highest BCUT2D eigenvalue weighted by atomic mass is 79.9. The second kappa shape index (κ2) is 7.65. The largest absolute Gasteiger partial charge is 0.436 e. The normalized spacial score (nSPS) is 14.6. The zero-order valence-corrected chi connectivity index (χ0v) is 16.7. The van der Waals surface area contributed by atoms with Gasteiger partial charge in [0.05, 0.1) is 15.9 Å². The topological polar surface area (TPSA) is 64.7 Å². The Morgan fingerprint density at radius 2 is 2.00 bits per heavy atom. The molecule has 27 heavy (non-hydrogen) atoms. The predicted molar refractivity (Wildman–Crippen MR) is 96.2 cm³/mol. The van der Waals surface area contributed by atoms with Crippen LogP contribution in [0.3, 0.4) is 0 Å². The van der Waals surface area contributed by atoms with Crippen molar-refractivity contribution in [1.82, 2.24) is 24.9 Å². The molecule has 0 unspecified atom stereocenters. The number of carbonyl (C=O) groups is 1. The summed E-state index contributed by atoms with van der Waals surface area (Å²) in [6, 6.07) is 1.98. The molecule has 3 rings (SSSR count). The molecule has 0 saturated heterocycles. The van der Waals surface area contributed by atoms with Gasteiger partial charge in [-0.25, -0.2) is 0 Å². The lowest BCUT2D eigenvalue weighted by molar-refractivity contribution is -0.142. The Morgan fingerprint density at radius 1 is 1.30 bits per heavy atom. The quantitative estimate of drug-likeness (QED) is 0.659. The van der Waals surface area contributed by atoms with Gasteiger partial charge in [-0.1, -0.05) is 0 Å². The van der Waals surface area contributed by atoms with Gasteiger partial charge in [-0.15, -0.1) is 0 Å². The summed E-state index contributed by atoms with van der Waals surface area (Å²) >= 11 is 3.02. The third kappa shape index (κ3) is 4.72. The van der Waals surface area contributed by atoms with Gasteiger partial charge in [0.2, 0.25) is 5.91 Å². The summed E-state index contributed by atoms with van der Waals surface area (Å²) in [6.45, 7) is 4.75. The Kier molecular flexibility index (Phi) is 5.64. The highest BCUT2D eigenvalue weighted by Gasteiger charge is 2.41. The van der Waals surface area contributed by atoms with E-state index < -0.39 is 11.9 Å². The molecule has 148 valence electrons. The van der Waals surface area contributed by atoms with Crippen LogP contribution in [-0.2, 0) is 24.1 Å². The van der Waals surface area contributed by atoms with Gasteiger partial charge in [-0.3, -0.25) is 14.2 Å². The maximum Gasteiger partial charge on any atom is 0.436 e. The highest BCUT2D eigenvalue weighted by Crippen LogP contribution is 2.46. The van der Waals surface area contributed by atoms with Crippen molar-refractivity contribution >= 4 is 21.8 Å². The monoisotopic (exact) mass is 447 g/mol. The summed E-state index contributed by atoms with van der Waals surface area (Å²) in [5, 5.41) is 10.7. The molecule has 0 aromatic carbocycles. The van der Waals surface area contributed by atoms with E-state index in [1.54, 1.807) is 0 Å². The number of amides is 1. The van der Waals surface area contributed by atoms with E-state index >= 15 is 0 Å². The number of aromatic nitrogens is 4. The number of nitrogens with one attached hydrogen (secondary N) is 1. The lowest BCUT2D eigenvalue weighted by atomic mass is 10.2. The standard InChI is InChI=1S/C17H21BrF3N5O/c1-10-8-11(2)25(23-10)7-3-6-22-13(27)9-26-15(12-4-5-12)14(18)16(24-26)17(19,20)21/h8,12H,3-7,9H2,1-2H3,(H,22,27). The lowest BCUT2D eigenvalue weighted by Gasteiger charge is -2.09. The van der Waals surface area contributed by atoms with Crippen molar-refractivity contribution in [3.63, 3.8) is 0 Å². The van der Waals surface area contributed by atoms with E-state index in [9.17, 15) is 18.0 Å². The van der Waals surface area contributed by atoms with Crippen LogP contribution < -0.4 is 5.32 Å². The van der Waals surface area contributed by atoms with E-state index in [-0.39, 0.29) is 22.8 Å². The molecule has 0 bridgehead atoms. The minimum absolute atomic E-state index is 0.0294. The minimum Gasteiger partial charge on any atom is -0.354 e. The van der Waals surface area contributed by atoms with Gasteiger partial charge >= 0.3 is 6.18 Å². The van der Waals surface area contributed by atoms with Crippen LogP contribution in [0.5, 0.6) is 0 Å². The van der Waals surface area contributed by atoms with Crippen molar-refractivity contribution in [3.05, 3.63) is 33.3 Å². The summed E-state index contributed by atoms with van der Waals surface area (Å²) in [4.78, 5) is 12.2. The number of nitrogens with zero attached hydrogens (tertiary/aromatic N) is 4. The first kappa shape index (κ1) is 19.9. The van der Waals surface area contributed by atoms with E-state index in [2.05, 4.69) is 31.4 Å². The van der Waals surface area contributed by atoms with E-state index in [1.165, 1.54) is 4.68 Å². The van der Waals surface area contributed by atoms with Crippen LogP contribution in [0.1, 0.15) is 48.0 Å². The number of rotatable bonds is 7. The molecule has 1 N–H and O–H groups in total. The lowest BCUT2D eigenvalue weighted by Crippen LogP contribution is -2.30. The fraction of sp³-hybridized carbons (Fsp3) is 0.588. The highest BCUT2D eigenvalue weighted by molar-refractivity contribution is 9.10. The van der Waals surface area contributed by atoms with Crippen molar-refractivity contribution in [3.8, 4) is 0 Å². The van der Waals surface area contributed by atoms with Crippen molar-refractivity contribution < 1.29 is 18.0 Å². The van der Waals surface area contributed by atoms with E-state index in [1.807, 2.05) is 24.6 Å². The van der Waals surface area contributed by atoms with E-state index in [0.29, 0.717) is 25.2 Å². The zero-order chi connectivity index (χ0) is 19.8. The zero-order valence-electron chi connectivity index (χ0n) is 15.1. The summed E-state index contributed by atoms with van der Waals surface area (Å²) in [7, 11) is 0. The number of halogens is 4. The molecule has 1 aliphatic carbocycles. The first-order valence-corrected chi connectivity index (χ1v) is 9.57. The Labute approximate surface area is 163 Å². The molecule has 6 nitrogen and oxygen atoms in total. The second-order valence-corrected chi connectivity index (χ2v) is 7.62. The molecule has 2 heterocycles. The third-order valence-corrected chi connectivity index (χ3v) is 5.21. The molecule has 2 aromatic rings. The Balaban J connectivity index is 1.57. The van der Waals surface area contributed by atoms with Gasteiger partial charge in [0.1, 0.15) is 6.54 Å². The molecule has 0 aliphatic heterocycles. The molecule has 1 aliphatic rings. The van der Waals surface area contributed by atoms with Crippen LogP contribution in [0.15, 0.2) is 10.5 Å². The van der Waals surface area contributed by atoms with Gasteiger partial charge in [-0.05, 0) is 55.1 Å². The molecular weight excluding hydrogens is 427 g/mol. The van der Waals surface area contributed by atoms with Crippen molar-refractivity contribution in [2.45, 2.75) is 58.3 Å². The molecule has 0 radical (unpaired) electrons. The van der Waals surface area contributed by atoms with Gasteiger partial charge in [-0.2, -0.15) is 23.4 Å². The average Bonchev–Trinajstić information content (AvgIpc) is 3.26. The van der Waals surface area contributed by atoms with Crippen LogP contribution in [0.4, 0.5) is 13.2 Å². The molecule has 1 fully saturated rings. The second-order valence-electron chi connectivity index (χ2n) is 6.83. The molecule has 1 saturated carbocycles. The smallest absolute Gasteiger partial charge is 0.354 e. The number of hydrogen-bond donors (Lipinski definition) is 1. The average molecular weight is 448 g/mol.